The van der Waals surface area contributed by atoms with Crippen molar-refractivity contribution in [2.24, 2.45) is 0 Å². The third-order valence-corrected chi connectivity index (χ3v) is 3.94. The smallest absolute Gasteiger partial charge is 0.410 e. The highest BCUT2D eigenvalue weighted by Gasteiger charge is 2.24. The lowest BCUT2D eigenvalue weighted by Crippen LogP contribution is -2.39. The molecule has 0 spiro atoms. The van der Waals surface area contributed by atoms with Crippen LogP contribution in [0.2, 0.25) is 0 Å². The maximum absolute atomic E-state index is 12.2. The fraction of sp³-hybridized carbons (Fsp3) is 0.611. The van der Waals surface area contributed by atoms with E-state index in [1.807, 2.05) is 37.8 Å². The minimum Gasteiger partial charge on any atom is -0.444 e. The van der Waals surface area contributed by atoms with E-state index in [2.05, 4.69) is 17.0 Å². The predicted octanol–water partition coefficient (Wildman–Crippen LogP) is 2.75. The molecule has 0 atom stereocenters. The Morgan fingerprint density at radius 1 is 1.13 bits per heavy atom. The number of amides is 1. The number of carbonyl (C=O) groups is 1. The van der Waals surface area contributed by atoms with Crippen LogP contribution in [0.3, 0.4) is 0 Å². The average molecular weight is 319 g/mol. The van der Waals surface area contributed by atoms with Crippen LogP contribution in [-0.2, 0) is 11.2 Å². The van der Waals surface area contributed by atoms with Gasteiger partial charge in [0.05, 0.1) is 0 Å². The molecule has 1 fully saturated rings. The molecule has 1 aliphatic heterocycles. The number of anilines is 1. The number of carbonyl (C=O) groups excluding carboxylic acids is 1. The van der Waals surface area contributed by atoms with Gasteiger partial charge >= 0.3 is 6.09 Å². The lowest BCUT2D eigenvalue weighted by atomic mass is 10.1. The lowest BCUT2D eigenvalue weighted by Gasteiger charge is -2.26. The van der Waals surface area contributed by atoms with E-state index in [1.165, 1.54) is 5.56 Å². The van der Waals surface area contributed by atoms with Crippen molar-refractivity contribution >= 4 is 11.8 Å². The van der Waals surface area contributed by atoms with E-state index in [9.17, 15) is 4.79 Å². The fourth-order valence-corrected chi connectivity index (χ4v) is 2.68. The van der Waals surface area contributed by atoms with Gasteiger partial charge in [0.15, 0.2) is 0 Å². The first-order valence-electron chi connectivity index (χ1n) is 8.38. The molecule has 2 rings (SSSR count). The maximum atomic E-state index is 12.2. The van der Waals surface area contributed by atoms with Gasteiger partial charge in [0, 0.05) is 31.9 Å². The summed E-state index contributed by atoms with van der Waals surface area (Å²) in [6.07, 6.45) is 1.80. The van der Waals surface area contributed by atoms with Crippen molar-refractivity contribution in [2.75, 3.05) is 38.5 Å². The molecule has 0 aliphatic carbocycles. The zero-order valence-corrected chi connectivity index (χ0v) is 14.5. The van der Waals surface area contributed by atoms with Gasteiger partial charge in [-0.25, -0.2) is 4.79 Å². The highest BCUT2D eigenvalue weighted by Crippen LogP contribution is 2.13. The molecular formula is C18H29N3O2. The first-order chi connectivity index (χ1) is 10.8. The van der Waals surface area contributed by atoms with Crippen LogP contribution < -0.4 is 5.73 Å². The Balaban J connectivity index is 1.79. The van der Waals surface area contributed by atoms with Crippen molar-refractivity contribution in [1.29, 1.82) is 0 Å². The minimum atomic E-state index is -0.432. The van der Waals surface area contributed by atoms with E-state index in [4.69, 9.17) is 10.5 Å². The first kappa shape index (κ1) is 17.6. The number of nitrogens with two attached hydrogens (primary N) is 1. The zero-order chi connectivity index (χ0) is 16.9. The van der Waals surface area contributed by atoms with Gasteiger partial charge in [-0.15, -0.1) is 0 Å². The molecular weight excluding hydrogens is 290 g/mol. The van der Waals surface area contributed by atoms with Gasteiger partial charge in [-0.1, -0.05) is 12.1 Å². The van der Waals surface area contributed by atoms with Crippen molar-refractivity contribution in [3.63, 3.8) is 0 Å². The minimum absolute atomic E-state index is 0.196. The molecule has 0 radical (unpaired) electrons. The largest absolute Gasteiger partial charge is 0.444 e. The Labute approximate surface area is 139 Å². The SMILES string of the molecule is CC(C)(C)OC(=O)N1CCCN(CCc2ccc(N)cc2)CC1. The standard InChI is InChI=1S/C18H29N3O2/c1-18(2,3)23-17(22)21-11-4-10-20(13-14-21)12-9-15-5-7-16(19)8-6-15/h5-8H,4,9-14,19H2,1-3H3. The number of hydrogen-bond donors (Lipinski definition) is 1. The molecule has 1 aromatic rings. The molecule has 1 saturated heterocycles. The van der Waals surface area contributed by atoms with Crippen molar-refractivity contribution < 1.29 is 9.53 Å². The van der Waals surface area contributed by atoms with Gasteiger partial charge in [-0.2, -0.15) is 0 Å². The molecule has 5 nitrogen and oxygen atoms in total. The third-order valence-electron chi connectivity index (χ3n) is 3.94. The van der Waals surface area contributed by atoms with Crippen LogP contribution >= 0.6 is 0 Å². The zero-order valence-electron chi connectivity index (χ0n) is 14.5. The van der Waals surface area contributed by atoms with Crippen LogP contribution in [0.4, 0.5) is 10.5 Å². The monoisotopic (exact) mass is 319 g/mol. The van der Waals surface area contributed by atoms with Crippen molar-refractivity contribution in [3.8, 4) is 0 Å². The number of nitrogen functional groups attached to an aromatic ring is 1. The van der Waals surface area contributed by atoms with Crippen LogP contribution in [0.25, 0.3) is 0 Å². The summed E-state index contributed by atoms with van der Waals surface area (Å²) in [4.78, 5) is 16.4. The van der Waals surface area contributed by atoms with E-state index in [0.717, 1.165) is 51.3 Å². The third kappa shape index (κ3) is 6.10. The molecule has 1 heterocycles. The first-order valence-corrected chi connectivity index (χ1v) is 8.38. The number of nitrogens with zero attached hydrogens (tertiary/aromatic N) is 2. The van der Waals surface area contributed by atoms with Crippen LogP contribution in [0.1, 0.15) is 32.8 Å². The molecule has 0 unspecified atom stereocenters. The second-order valence-electron chi connectivity index (χ2n) is 7.15. The van der Waals surface area contributed by atoms with Crippen LogP contribution in [0.5, 0.6) is 0 Å². The van der Waals surface area contributed by atoms with Crippen LogP contribution in [0.15, 0.2) is 24.3 Å². The summed E-state index contributed by atoms with van der Waals surface area (Å²) in [6, 6.07) is 8.06. The maximum Gasteiger partial charge on any atom is 0.410 e. The quantitative estimate of drug-likeness (QED) is 0.870. The Kier molecular flexibility index (Phi) is 5.88. The topological polar surface area (TPSA) is 58.8 Å². The van der Waals surface area contributed by atoms with Gasteiger partial charge in [0.2, 0.25) is 0 Å². The van der Waals surface area contributed by atoms with Gasteiger partial charge in [-0.05, 0) is 57.9 Å². The second kappa shape index (κ2) is 7.68. The van der Waals surface area contributed by atoms with Crippen molar-refractivity contribution in [1.82, 2.24) is 9.80 Å². The summed E-state index contributed by atoms with van der Waals surface area (Å²) in [5.74, 6) is 0. The van der Waals surface area contributed by atoms with Crippen LogP contribution in [-0.4, -0.2) is 54.2 Å². The fourth-order valence-electron chi connectivity index (χ4n) is 2.68. The number of benzene rings is 1. The Bertz CT molecular complexity index is 508. The molecule has 1 aliphatic rings. The van der Waals surface area contributed by atoms with E-state index in [1.54, 1.807) is 0 Å². The van der Waals surface area contributed by atoms with Crippen molar-refractivity contribution in [2.45, 2.75) is 39.2 Å². The highest BCUT2D eigenvalue weighted by molar-refractivity contribution is 5.68. The Morgan fingerprint density at radius 2 is 1.83 bits per heavy atom. The van der Waals surface area contributed by atoms with E-state index < -0.39 is 5.60 Å². The number of rotatable bonds is 3. The average Bonchev–Trinajstić information content (AvgIpc) is 2.70. The molecule has 0 saturated carbocycles. The predicted molar refractivity (Wildman–Crippen MR) is 93.4 cm³/mol. The van der Waals surface area contributed by atoms with Gasteiger partial charge in [0.1, 0.15) is 5.60 Å². The van der Waals surface area contributed by atoms with Gasteiger partial charge in [-0.3, -0.25) is 0 Å². The van der Waals surface area contributed by atoms with E-state index in [-0.39, 0.29) is 6.09 Å². The molecule has 0 bridgehead atoms. The van der Waals surface area contributed by atoms with Crippen molar-refractivity contribution in [3.05, 3.63) is 29.8 Å². The summed E-state index contributed by atoms with van der Waals surface area (Å²) in [5.41, 5.74) is 7.38. The number of hydrogen-bond acceptors (Lipinski definition) is 4. The van der Waals surface area contributed by atoms with Crippen LogP contribution in [0, 0.1) is 0 Å². The Morgan fingerprint density at radius 3 is 2.48 bits per heavy atom. The Hall–Kier alpha value is -1.75. The lowest BCUT2D eigenvalue weighted by molar-refractivity contribution is 0.0258. The summed E-state index contributed by atoms with van der Waals surface area (Å²) >= 11 is 0. The summed E-state index contributed by atoms with van der Waals surface area (Å²) in [7, 11) is 0. The summed E-state index contributed by atoms with van der Waals surface area (Å²) in [5, 5.41) is 0. The highest BCUT2D eigenvalue weighted by atomic mass is 16.6. The van der Waals surface area contributed by atoms with Gasteiger partial charge < -0.3 is 20.3 Å². The molecule has 1 aromatic carbocycles. The second-order valence-corrected chi connectivity index (χ2v) is 7.15. The summed E-state index contributed by atoms with van der Waals surface area (Å²) < 4.78 is 5.47. The molecule has 128 valence electrons. The molecule has 5 heteroatoms. The number of ether oxygens (including phenoxy) is 1. The van der Waals surface area contributed by atoms with E-state index >= 15 is 0 Å². The molecule has 2 N–H and O–H groups in total. The molecule has 23 heavy (non-hydrogen) atoms. The van der Waals surface area contributed by atoms with Gasteiger partial charge in [0.25, 0.3) is 0 Å². The van der Waals surface area contributed by atoms with E-state index in [0.29, 0.717) is 0 Å². The summed E-state index contributed by atoms with van der Waals surface area (Å²) in [6.45, 7) is 10.1. The molecule has 0 aromatic heterocycles. The normalized spacial score (nSPS) is 16.9. The molecule has 1 amide bonds.